The average molecular weight is 755 g/mol. The van der Waals surface area contributed by atoms with E-state index in [0.717, 1.165) is 16.7 Å². The number of esters is 1. The molecule has 4 rings (SSSR count). The number of aromatic nitrogens is 4. The standard InChI is InChI=1S/C29H40N5O9P.C4H9NO.H3P/c1-17-8-18(2)27(24(9-17)42-44-43-37)29(3,4)13-26(35)41-16-34-25(12-21(32-34)23-11-20(39-7)15-40-23)30-28(36)22-10-19(14-38-6)31-33(22)5;1-4(2)5-3-6;/h8-10,12,20,23,37,44H,11,13-16H2,1-7H3,(H,30,36);3-4H,1-2H3,(H,5,6);1H3. The van der Waals surface area contributed by atoms with Crippen LogP contribution in [0.2, 0.25) is 0 Å². The summed E-state index contributed by atoms with van der Waals surface area (Å²) in [6.07, 6.45) is 0.901. The van der Waals surface area contributed by atoms with Crippen molar-refractivity contribution in [3.8, 4) is 5.75 Å². The van der Waals surface area contributed by atoms with Crippen molar-refractivity contribution in [2.75, 3.05) is 26.1 Å². The van der Waals surface area contributed by atoms with Crippen LogP contribution in [0, 0.1) is 13.8 Å². The number of ether oxygens (including phenoxy) is 4. The molecular weight excluding hydrogens is 702 g/mol. The van der Waals surface area contributed by atoms with Gasteiger partial charge in [0.15, 0.2) is 6.73 Å². The molecule has 4 atom stereocenters. The molecule has 3 heterocycles. The molecule has 3 aromatic rings. The molecule has 4 unspecified atom stereocenters. The van der Waals surface area contributed by atoms with E-state index in [1.807, 2.05) is 53.7 Å². The molecule has 0 radical (unpaired) electrons. The second-order valence-corrected chi connectivity index (χ2v) is 13.3. The number of hydrogen-bond acceptors (Lipinski definition) is 12. The second kappa shape index (κ2) is 20.5. The first-order valence-corrected chi connectivity index (χ1v) is 16.8. The Labute approximate surface area is 303 Å². The van der Waals surface area contributed by atoms with Crippen molar-refractivity contribution in [1.82, 2.24) is 24.9 Å². The van der Waals surface area contributed by atoms with Crippen LogP contribution in [0.1, 0.15) is 85.2 Å². The number of rotatable bonds is 16. The van der Waals surface area contributed by atoms with Gasteiger partial charge in [0.25, 0.3) is 5.91 Å². The lowest BCUT2D eigenvalue weighted by Gasteiger charge is -2.28. The van der Waals surface area contributed by atoms with Gasteiger partial charge in [-0.3, -0.25) is 19.1 Å². The monoisotopic (exact) mass is 754 g/mol. The Kier molecular flexibility index (Phi) is 17.6. The Bertz CT molecular complexity index is 1600. The Hall–Kier alpha value is -3.49. The number of nitrogens with one attached hydrogen (secondary N) is 2. The highest BCUT2D eigenvalue weighted by Crippen LogP contribution is 2.40. The number of methoxy groups -OCH3 is 2. The van der Waals surface area contributed by atoms with Crippen molar-refractivity contribution in [3.05, 3.63) is 58.0 Å². The van der Waals surface area contributed by atoms with Gasteiger partial charge in [0.1, 0.15) is 23.4 Å². The van der Waals surface area contributed by atoms with E-state index in [4.69, 9.17) is 28.7 Å². The molecule has 0 bridgehead atoms. The summed E-state index contributed by atoms with van der Waals surface area (Å²) in [5, 5.41) is 23.1. The third-order valence-electron chi connectivity index (χ3n) is 7.76. The fourth-order valence-corrected chi connectivity index (χ4v) is 5.90. The number of hydrogen-bond donors (Lipinski definition) is 3. The molecule has 1 aliphatic heterocycles. The smallest absolute Gasteiger partial charge is 0.308 e. The minimum Gasteiger partial charge on any atom is -0.447 e. The van der Waals surface area contributed by atoms with Gasteiger partial charge in [0.2, 0.25) is 15.4 Å². The van der Waals surface area contributed by atoms with Crippen LogP contribution < -0.4 is 15.2 Å². The van der Waals surface area contributed by atoms with Crippen LogP contribution in [0.25, 0.3) is 0 Å². The zero-order valence-corrected chi connectivity index (χ0v) is 33.2. The molecule has 2 amide bonds. The Morgan fingerprint density at radius 1 is 1.18 bits per heavy atom. The molecule has 0 saturated carbocycles. The van der Waals surface area contributed by atoms with Crippen LogP contribution >= 0.6 is 18.9 Å². The van der Waals surface area contributed by atoms with E-state index >= 15 is 0 Å². The summed E-state index contributed by atoms with van der Waals surface area (Å²) < 4.78 is 34.8. The van der Waals surface area contributed by atoms with Crippen LogP contribution in [-0.4, -0.2) is 76.1 Å². The Balaban J connectivity index is 0.00000118. The van der Waals surface area contributed by atoms with Gasteiger partial charge in [0.05, 0.1) is 37.1 Å². The minimum absolute atomic E-state index is 0. The highest BCUT2D eigenvalue weighted by molar-refractivity contribution is 7.26. The number of benzene rings is 1. The first-order valence-electron chi connectivity index (χ1n) is 16.0. The van der Waals surface area contributed by atoms with E-state index in [1.54, 1.807) is 33.4 Å². The molecule has 3 N–H and O–H groups in total. The van der Waals surface area contributed by atoms with Gasteiger partial charge >= 0.3 is 5.97 Å². The van der Waals surface area contributed by atoms with Crippen LogP contribution in [-0.2, 0) is 59.0 Å². The predicted molar refractivity (Wildman–Crippen MR) is 196 cm³/mol. The van der Waals surface area contributed by atoms with Gasteiger partial charge in [-0.25, -0.2) is 9.94 Å². The zero-order valence-electron chi connectivity index (χ0n) is 30.8. The number of carbonyl (C=O) groups excluding carboxylic acids is 3. The lowest BCUT2D eigenvalue weighted by Crippen LogP contribution is -2.26. The van der Waals surface area contributed by atoms with Crippen molar-refractivity contribution < 1.29 is 47.8 Å². The topological polar surface area (TPSA) is 187 Å². The van der Waals surface area contributed by atoms with Crippen LogP contribution in [0.15, 0.2) is 24.3 Å². The average Bonchev–Trinajstić information content (AvgIpc) is 3.77. The summed E-state index contributed by atoms with van der Waals surface area (Å²) in [7, 11) is 4.24. The molecule has 1 fully saturated rings. The first-order chi connectivity index (χ1) is 23.7. The van der Waals surface area contributed by atoms with Crippen molar-refractivity contribution >= 4 is 43.0 Å². The molecule has 284 valence electrons. The molecule has 0 spiro atoms. The van der Waals surface area contributed by atoms with Gasteiger partial charge < -0.3 is 34.1 Å². The lowest BCUT2D eigenvalue weighted by atomic mass is 9.78. The second-order valence-electron chi connectivity index (χ2n) is 12.8. The summed E-state index contributed by atoms with van der Waals surface area (Å²) in [5.41, 5.74) is 3.51. The molecule has 18 heteroatoms. The fraction of sp³-hybridized carbons (Fsp3) is 0.545. The van der Waals surface area contributed by atoms with Crippen LogP contribution in [0.5, 0.6) is 5.75 Å². The summed E-state index contributed by atoms with van der Waals surface area (Å²) in [6, 6.07) is 7.46. The molecule has 51 heavy (non-hydrogen) atoms. The van der Waals surface area contributed by atoms with Crippen molar-refractivity contribution in [2.45, 2.75) is 91.4 Å². The molecule has 1 saturated heterocycles. The largest absolute Gasteiger partial charge is 0.447 e. The van der Waals surface area contributed by atoms with Gasteiger partial charge in [-0.1, -0.05) is 19.9 Å². The summed E-state index contributed by atoms with van der Waals surface area (Å²) >= 11 is 0. The first kappa shape index (κ1) is 43.7. The highest BCUT2D eigenvalue weighted by atomic mass is 31.1. The number of anilines is 1. The van der Waals surface area contributed by atoms with Gasteiger partial charge in [-0.05, 0) is 51.0 Å². The normalized spacial score (nSPS) is 15.7. The quantitative estimate of drug-likeness (QED) is 0.0610. The maximum atomic E-state index is 13.2. The number of amides is 2. The third kappa shape index (κ3) is 12.6. The molecule has 1 aliphatic rings. The maximum absolute atomic E-state index is 13.2. The van der Waals surface area contributed by atoms with Gasteiger partial charge in [-0.2, -0.15) is 24.8 Å². The van der Waals surface area contributed by atoms with E-state index < -0.39 is 26.3 Å². The number of carbonyl (C=O) groups is 3. The molecule has 16 nitrogen and oxygen atoms in total. The molecular formula is C33H52N6O10P2. The van der Waals surface area contributed by atoms with Gasteiger partial charge in [0, 0.05) is 50.8 Å². The fourth-order valence-electron chi connectivity index (χ4n) is 5.61. The Morgan fingerprint density at radius 3 is 2.49 bits per heavy atom. The van der Waals surface area contributed by atoms with E-state index in [-0.39, 0.29) is 47.9 Å². The SMILES string of the molecule is CC(C)NC=O.COCc1cc(C(=O)Nc2cc(C3CC(OC)CO3)nn2COC(=O)CC(C)(C)c2c(C)cc(C)cc2OPOO)n(C)n1.P. The summed E-state index contributed by atoms with van der Waals surface area (Å²) in [5.74, 6) is -0.0571. The van der Waals surface area contributed by atoms with E-state index in [1.165, 1.54) is 9.36 Å². The lowest BCUT2D eigenvalue weighted by molar-refractivity contribution is -0.149. The molecule has 2 aromatic heterocycles. The van der Waals surface area contributed by atoms with Crippen LogP contribution in [0.3, 0.4) is 0 Å². The molecule has 0 aliphatic carbocycles. The molecule has 1 aromatic carbocycles. The zero-order chi connectivity index (χ0) is 37.0. The van der Waals surface area contributed by atoms with E-state index in [0.29, 0.717) is 48.1 Å². The van der Waals surface area contributed by atoms with Crippen molar-refractivity contribution in [3.63, 3.8) is 0 Å². The highest BCUT2D eigenvalue weighted by Gasteiger charge is 2.32. The Morgan fingerprint density at radius 2 is 1.90 bits per heavy atom. The summed E-state index contributed by atoms with van der Waals surface area (Å²) in [6.45, 7) is 12.0. The van der Waals surface area contributed by atoms with Crippen molar-refractivity contribution in [1.29, 1.82) is 0 Å². The van der Waals surface area contributed by atoms with E-state index in [9.17, 15) is 14.4 Å². The maximum Gasteiger partial charge on any atom is 0.308 e. The van der Waals surface area contributed by atoms with Crippen molar-refractivity contribution in [2.24, 2.45) is 7.05 Å². The summed E-state index contributed by atoms with van der Waals surface area (Å²) in [4.78, 5) is 35.9. The van der Waals surface area contributed by atoms with Crippen LogP contribution in [0.4, 0.5) is 5.82 Å². The van der Waals surface area contributed by atoms with E-state index in [2.05, 4.69) is 25.5 Å². The number of nitrogens with zero attached hydrogens (tertiary/aromatic N) is 4. The third-order valence-corrected chi connectivity index (χ3v) is 8.14. The number of aryl methyl sites for hydroxylation is 3. The predicted octanol–water partition coefficient (Wildman–Crippen LogP) is 4.55. The minimum atomic E-state index is -0.692. The van der Waals surface area contributed by atoms with Gasteiger partial charge in [-0.15, -0.1) is 0 Å².